The van der Waals surface area contributed by atoms with E-state index in [1.807, 2.05) is 20.9 Å². The van der Waals surface area contributed by atoms with Crippen molar-refractivity contribution in [3.63, 3.8) is 0 Å². The van der Waals surface area contributed by atoms with Crippen molar-refractivity contribution in [2.45, 2.75) is 39.4 Å². The molecule has 0 spiro atoms. The molecule has 3 N–H and O–H groups in total. The summed E-state index contributed by atoms with van der Waals surface area (Å²) >= 11 is 0. The van der Waals surface area contributed by atoms with Crippen LogP contribution in [-0.2, 0) is 17.9 Å². The van der Waals surface area contributed by atoms with Gasteiger partial charge in [0.15, 0.2) is 0 Å². The highest BCUT2D eigenvalue weighted by molar-refractivity contribution is 5.76. The summed E-state index contributed by atoms with van der Waals surface area (Å²) in [5.41, 5.74) is 7.95. The topological polar surface area (TPSA) is 58.4 Å². The quantitative estimate of drug-likeness (QED) is 0.783. The maximum Gasteiger partial charge on any atom is 0.221 e. The molecule has 1 rings (SSSR count). The predicted molar refractivity (Wildman–Crippen MR) is 78.6 cm³/mol. The van der Waals surface area contributed by atoms with Crippen LogP contribution in [0, 0.1) is 0 Å². The second-order valence-corrected chi connectivity index (χ2v) is 5.23. The summed E-state index contributed by atoms with van der Waals surface area (Å²) in [5, 5.41) is 2.90. The van der Waals surface area contributed by atoms with E-state index in [0.717, 1.165) is 18.7 Å². The molecule has 1 aromatic rings. The van der Waals surface area contributed by atoms with E-state index in [0.29, 0.717) is 13.0 Å². The van der Waals surface area contributed by atoms with Gasteiger partial charge in [-0.15, -0.1) is 0 Å². The predicted octanol–water partition coefficient (Wildman–Crippen LogP) is 1.49. The summed E-state index contributed by atoms with van der Waals surface area (Å²) in [6.45, 7) is 6.13. The number of carbonyl (C=O) groups excluding carboxylic acids is 1. The zero-order valence-corrected chi connectivity index (χ0v) is 12.1. The Morgan fingerprint density at radius 1 is 1.26 bits per heavy atom. The number of carbonyl (C=O) groups is 1. The van der Waals surface area contributed by atoms with Gasteiger partial charge in [0.2, 0.25) is 5.91 Å². The smallest absolute Gasteiger partial charge is 0.221 e. The molecule has 1 amide bonds. The number of nitrogens with zero attached hydrogens (tertiary/aromatic N) is 1. The van der Waals surface area contributed by atoms with Crippen molar-refractivity contribution >= 4 is 5.91 Å². The molecule has 0 saturated heterocycles. The molecule has 1 aromatic carbocycles. The zero-order valence-electron chi connectivity index (χ0n) is 12.1. The van der Waals surface area contributed by atoms with Gasteiger partial charge in [-0.05, 0) is 32.0 Å². The van der Waals surface area contributed by atoms with Gasteiger partial charge in [0.1, 0.15) is 0 Å². The van der Waals surface area contributed by atoms with Crippen molar-refractivity contribution in [2.24, 2.45) is 5.73 Å². The molecule has 4 heteroatoms. The Morgan fingerprint density at radius 2 is 1.84 bits per heavy atom. The largest absolute Gasteiger partial charge is 0.354 e. The van der Waals surface area contributed by atoms with Crippen LogP contribution in [0.25, 0.3) is 0 Å². The molecular weight excluding hydrogens is 238 g/mol. The zero-order chi connectivity index (χ0) is 14.3. The molecule has 0 aliphatic heterocycles. The van der Waals surface area contributed by atoms with Gasteiger partial charge in [-0.2, -0.15) is 0 Å². The first kappa shape index (κ1) is 15.7. The van der Waals surface area contributed by atoms with Gasteiger partial charge < -0.3 is 16.0 Å². The summed E-state index contributed by atoms with van der Waals surface area (Å²) < 4.78 is 0. The second-order valence-electron chi connectivity index (χ2n) is 5.23. The van der Waals surface area contributed by atoms with E-state index in [9.17, 15) is 4.79 Å². The lowest BCUT2D eigenvalue weighted by molar-refractivity contribution is -0.121. The maximum absolute atomic E-state index is 11.5. The molecule has 0 aromatic heterocycles. The molecular formula is C15H25N3O. The van der Waals surface area contributed by atoms with Crippen LogP contribution in [-0.4, -0.2) is 30.4 Å². The lowest BCUT2D eigenvalue weighted by Gasteiger charge is -2.17. The molecule has 0 aliphatic carbocycles. The Kier molecular flexibility index (Phi) is 6.53. The number of nitrogens with one attached hydrogen (secondary N) is 1. The van der Waals surface area contributed by atoms with Gasteiger partial charge in [0, 0.05) is 32.1 Å². The Morgan fingerprint density at radius 3 is 2.37 bits per heavy atom. The van der Waals surface area contributed by atoms with Crippen molar-refractivity contribution in [1.29, 1.82) is 0 Å². The molecule has 0 saturated carbocycles. The SMILES string of the molecule is CC(C)NC(=O)CCN(C)Cc1ccc(CN)cc1. The maximum atomic E-state index is 11.5. The van der Waals surface area contributed by atoms with Crippen molar-refractivity contribution < 1.29 is 4.79 Å². The highest BCUT2D eigenvalue weighted by Crippen LogP contribution is 2.06. The van der Waals surface area contributed by atoms with E-state index < -0.39 is 0 Å². The third-order valence-corrected chi connectivity index (χ3v) is 2.88. The molecule has 0 aliphatic rings. The van der Waals surface area contributed by atoms with Crippen molar-refractivity contribution in [3.8, 4) is 0 Å². The summed E-state index contributed by atoms with van der Waals surface area (Å²) in [7, 11) is 2.03. The van der Waals surface area contributed by atoms with Crippen molar-refractivity contribution in [3.05, 3.63) is 35.4 Å². The number of amides is 1. The minimum Gasteiger partial charge on any atom is -0.354 e. The van der Waals surface area contributed by atoms with E-state index >= 15 is 0 Å². The normalized spacial score (nSPS) is 11.1. The van der Waals surface area contributed by atoms with Gasteiger partial charge in [-0.25, -0.2) is 0 Å². The number of rotatable bonds is 7. The minimum absolute atomic E-state index is 0.111. The highest BCUT2D eigenvalue weighted by Gasteiger charge is 2.06. The molecule has 0 radical (unpaired) electrons. The van der Waals surface area contributed by atoms with E-state index in [-0.39, 0.29) is 11.9 Å². The van der Waals surface area contributed by atoms with E-state index in [1.54, 1.807) is 0 Å². The lowest BCUT2D eigenvalue weighted by Crippen LogP contribution is -2.33. The van der Waals surface area contributed by atoms with Gasteiger partial charge in [-0.3, -0.25) is 4.79 Å². The molecule has 19 heavy (non-hydrogen) atoms. The van der Waals surface area contributed by atoms with Gasteiger partial charge in [0.25, 0.3) is 0 Å². The van der Waals surface area contributed by atoms with Gasteiger partial charge in [0.05, 0.1) is 0 Å². The van der Waals surface area contributed by atoms with E-state index in [2.05, 4.69) is 34.5 Å². The van der Waals surface area contributed by atoms with Gasteiger partial charge >= 0.3 is 0 Å². The highest BCUT2D eigenvalue weighted by atomic mass is 16.1. The van der Waals surface area contributed by atoms with E-state index in [4.69, 9.17) is 5.73 Å². The third-order valence-electron chi connectivity index (χ3n) is 2.88. The summed E-state index contributed by atoms with van der Waals surface area (Å²) in [5.74, 6) is 0.111. The summed E-state index contributed by atoms with van der Waals surface area (Å²) in [4.78, 5) is 13.7. The van der Waals surface area contributed by atoms with Crippen molar-refractivity contribution in [1.82, 2.24) is 10.2 Å². The molecule has 106 valence electrons. The molecule has 0 fully saturated rings. The van der Waals surface area contributed by atoms with Crippen LogP contribution < -0.4 is 11.1 Å². The lowest BCUT2D eigenvalue weighted by atomic mass is 10.1. The first-order valence-electron chi connectivity index (χ1n) is 6.77. The second kappa shape index (κ2) is 7.92. The molecule has 0 heterocycles. The van der Waals surface area contributed by atoms with E-state index in [1.165, 1.54) is 5.56 Å². The standard InChI is InChI=1S/C15H25N3O/c1-12(2)17-15(19)8-9-18(3)11-14-6-4-13(10-16)5-7-14/h4-7,12H,8-11,16H2,1-3H3,(H,17,19). The van der Waals surface area contributed by atoms with Crippen molar-refractivity contribution in [2.75, 3.05) is 13.6 Å². The van der Waals surface area contributed by atoms with Crippen LogP contribution in [0.15, 0.2) is 24.3 Å². The van der Waals surface area contributed by atoms with Crippen LogP contribution in [0.2, 0.25) is 0 Å². The Labute approximate surface area is 116 Å². The molecule has 4 nitrogen and oxygen atoms in total. The molecule has 0 unspecified atom stereocenters. The first-order valence-corrected chi connectivity index (χ1v) is 6.77. The number of benzene rings is 1. The van der Waals surface area contributed by atoms with Crippen LogP contribution in [0.3, 0.4) is 0 Å². The number of hydrogen-bond donors (Lipinski definition) is 2. The Bertz CT molecular complexity index is 387. The van der Waals surface area contributed by atoms with Crippen LogP contribution >= 0.6 is 0 Å². The summed E-state index contributed by atoms with van der Waals surface area (Å²) in [6.07, 6.45) is 0.537. The molecule has 0 bridgehead atoms. The minimum atomic E-state index is 0.111. The third kappa shape index (κ3) is 6.36. The Balaban J connectivity index is 2.33. The van der Waals surface area contributed by atoms with Crippen LogP contribution in [0.4, 0.5) is 0 Å². The summed E-state index contributed by atoms with van der Waals surface area (Å²) in [6, 6.07) is 8.49. The fourth-order valence-electron chi connectivity index (χ4n) is 1.86. The monoisotopic (exact) mass is 263 g/mol. The average Bonchev–Trinajstić information content (AvgIpc) is 2.36. The van der Waals surface area contributed by atoms with Crippen LogP contribution in [0.1, 0.15) is 31.4 Å². The first-order chi connectivity index (χ1) is 9.01. The Hall–Kier alpha value is -1.39. The number of hydrogen-bond acceptors (Lipinski definition) is 3. The fraction of sp³-hybridized carbons (Fsp3) is 0.533. The number of nitrogens with two attached hydrogens (primary N) is 1. The van der Waals surface area contributed by atoms with Gasteiger partial charge in [-0.1, -0.05) is 24.3 Å². The molecule has 0 atom stereocenters. The average molecular weight is 263 g/mol. The fourth-order valence-corrected chi connectivity index (χ4v) is 1.86. The van der Waals surface area contributed by atoms with Crippen LogP contribution in [0.5, 0.6) is 0 Å².